The summed E-state index contributed by atoms with van der Waals surface area (Å²) in [5.41, 5.74) is 2.66. The molecule has 1 heterocycles. The third-order valence-electron chi connectivity index (χ3n) is 5.17. The largest absolute Gasteiger partial charge is 0.480 e. The van der Waals surface area contributed by atoms with E-state index in [2.05, 4.69) is 12.2 Å². The number of anilines is 1. The Hall–Kier alpha value is -3.15. The lowest BCUT2D eigenvalue weighted by Crippen LogP contribution is -2.42. The van der Waals surface area contributed by atoms with Crippen molar-refractivity contribution in [3.63, 3.8) is 0 Å². The Morgan fingerprint density at radius 1 is 1.14 bits per heavy atom. The zero-order valence-electron chi connectivity index (χ0n) is 16.6. The molecule has 1 aliphatic heterocycles. The summed E-state index contributed by atoms with van der Waals surface area (Å²) in [7, 11) is 0. The maximum absolute atomic E-state index is 12.9. The summed E-state index contributed by atoms with van der Waals surface area (Å²) in [4.78, 5) is 38.3. The minimum atomic E-state index is -1.03. The zero-order valence-corrected chi connectivity index (χ0v) is 16.6. The summed E-state index contributed by atoms with van der Waals surface area (Å²) < 4.78 is 0. The van der Waals surface area contributed by atoms with Crippen LogP contribution in [0.2, 0.25) is 0 Å². The Balaban J connectivity index is 1.72. The number of fused-ring (bicyclic) bond motifs is 1. The quantitative estimate of drug-likeness (QED) is 0.633. The van der Waals surface area contributed by atoms with Crippen molar-refractivity contribution in [2.24, 2.45) is 0 Å². The van der Waals surface area contributed by atoms with Crippen molar-refractivity contribution in [2.45, 2.75) is 51.6 Å². The van der Waals surface area contributed by atoms with Gasteiger partial charge in [-0.3, -0.25) is 9.59 Å². The SMILES string of the molecule is CCCCCC(=O)Nc1ccc2c(c1)C(=O)N(C(Cc1ccccc1)C(=O)O)C2. The zero-order chi connectivity index (χ0) is 20.8. The van der Waals surface area contributed by atoms with E-state index in [-0.39, 0.29) is 24.8 Å². The Bertz CT molecular complexity index is 895. The van der Waals surface area contributed by atoms with E-state index >= 15 is 0 Å². The highest BCUT2D eigenvalue weighted by atomic mass is 16.4. The molecule has 29 heavy (non-hydrogen) atoms. The van der Waals surface area contributed by atoms with Gasteiger partial charge in [-0.25, -0.2) is 4.79 Å². The number of nitrogens with one attached hydrogen (secondary N) is 1. The van der Waals surface area contributed by atoms with Gasteiger partial charge in [-0.05, 0) is 29.7 Å². The van der Waals surface area contributed by atoms with Crippen LogP contribution in [0.5, 0.6) is 0 Å². The number of hydrogen-bond acceptors (Lipinski definition) is 3. The third-order valence-corrected chi connectivity index (χ3v) is 5.17. The van der Waals surface area contributed by atoms with Crippen molar-refractivity contribution in [3.05, 3.63) is 65.2 Å². The van der Waals surface area contributed by atoms with Gasteiger partial charge in [0, 0.05) is 30.6 Å². The van der Waals surface area contributed by atoms with Crippen molar-refractivity contribution in [2.75, 3.05) is 5.32 Å². The molecule has 6 heteroatoms. The number of rotatable bonds is 9. The van der Waals surface area contributed by atoms with E-state index in [4.69, 9.17) is 0 Å². The Morgan fingerprint density at radius 2 is 1.90 bits per heavy atom. The summed E-state index contributed by atoms with van der Waals surface area (Å²) in [6.07, 6.45) is 3.58. The van der Waals surface area contributed by atoms with Gasteiger partial charge in [0.2, 0.25) is 5.91 Å². The highest BCUT2D eigenvalue weighted by molar-refractivity contribution is 6.02. The molecule has 1 aliphatic rings. The van der Waals surface area contributed by atoms with Gasteiger partial charge < -0.3 is 15.3 Å². The van der Waals surface area contributed by atoms with Gasteiger partial charge in [0.25, 0.3) is 5.91 Å². The monoisotopic (exact) mass is 394 g/mol. The molecule has 2 amide bonds. The van der Waals surface area contributed by atoms with Crippen LogP contribution < -0.4 is 5.32 Å². The van der Waals surface area contributed by atoms with Crippen LogP contribution >= 0.6 is 0 Å². The molecule has 0 bridgehead atoms. The molecule has 0 spiro atoms. The average molecular weight is 394 g/mol. The maximum Gasteiger partial charge on any atom is 0.326 e. The van der Waals surface area contributed by atoms with Gasteiger partial charge in [0.15, 0.2) is 0 Å². The molecule has 1 unspecified atom stereocenters. The minimum absolute atomic E-state index is 0.0757. The van der Waals surface area contributed by atoms with Gasteiger partial charge in [-0.15, -0.1) is 0 Å². The highest BCUT2D eigenvalue weighted by Crippen LogP contribution is 2.28. The summed E-state index contributed by atoms with van der Waals surface area (Å²) in [5.74, 6) is -1.42. The smallest absolute Gasteiger partial charge is 0.326 e. The maximum atomic E-state index is 12.9. The number of benzene rings is 2. The lowest BCUT2D eigenvalue weighted by atomic mass is 10.0. The first-order chi connectivity index (χ1) is 14.0. The summed E-state index contributed by atoms with van der Waals surface area (Å²) >= 11 is 0. The molecule has 0 aromatic heterocycles. The Kier molecular flexibility index (Phi) is 6.65. The van der Waals surface area contributed by atoms with Gasteiger partial charge in [0.05, 0.1) is 0 Å². The predicted octanol–water partition coefficient (Wildman–Crippen LogP) is 3.86. The number of carboxylic acid groups (broad SMARTS) is 1. The molecule has 0 saturated carbocycles. The van der Waals surface area contributed by atoms with Gasteiger partial charge in [-0.2, -0.15) is 0 Å². The first-order valence-electron chi connectivity index (χ1n) is 10.00. The molecule has 2 aromatic rings. The highest BCUT2D eigenvalue weighted by Gasteiger charge is 2.36. The second kappa shape index (κ2) is 9.37. The topological polar surface area (TPSA) is 86.7 Å². The number of aliphatic carboxylic acids is 1. The number of amides is 2. The number of carbonyl (C=O) groups is 3. The molecule has 3 rings (SSSR count). The molecule has 152 valence electrons. The molecular formula is C23H26N2O4. The van der Waals surface area contributed by atoms with E-state index in [1.165, 1.54) is 4.90 Å². The molecule has 2 N–H and O–H groups in total. The van der Waals surface area contributed by atoms with Gasteiger partial charge in [-0.1, -0.05) is 56.2 Å². The van der Waals surface area contributed by atoms with Crippen LogP contribution in [0.15, 0.2) is 48.5 Å². The fourth-order valence-electron chi connectivity index (χ4n) is 3.58. The van der Waals surface area contributed by atoms with Crippen molar-refractivity contribution < 1.29 is 19.5 Å². The van der Waals surface area contributed by atoms with E-state index in [1.54, 1.807) is 18.2 Å². The summed E-state index contributed by atoms with van der Waals surface area (Å²) in [6.45, 7) is 2.33. The van der Waals surface area contributed by atoms with Crippen molar-refractivity contribution >= 4 is 23.5 Å². The second-order valence-corrected chi connectivity index (χ2v) is 7.35. The van der Waals surface area contributed by atoms with Crippen LogP contribution in [0.1, 0.15) is 54.1 Å². The van der Waals surface area contributed by atoms with E-state index in [9.17, 15) is 19.5 Å². The molecule has 0 radical (unpaired) electrons. The number of carboxylic acids is 1. The normalized spacial score (nSPS) is 13.8. The van der Waals surface area contributed by atoms with E-state index in [0.29, 0.717) is 17.7 Å². The molecule has 2 aromatic carbocycles. The van der Waals surface area contributed by atoms with Crippen molar-refractivity contribution in [1.82, 2.24) is 4.90 Å². The number of nitrogens with zero attached hydrogens (tertiary/aromatic N) is 1. The molecule has 0 saturated heterocycles. The number of hydrogen-bond donors (Lipinski definition) is 2. The Labute approximate surface area is 170 Å². The average Bonchev–Trinajstić information content (AvgIpc) is 3.03. The second-order valence-electron chi connectivity index (χ2n) is 7.35. The van der Waals surface area contributed by atoms with Crippen LogP contribution in [-0.4, -0.2) is 33.8 Å². The van der Waals surface area contributed by atoms with Crippen molar-refractivity contribution in [3.8, 4) is 0 Å². The lowest BCUT2D eigenvalue weighted by Gasteiger charge is -2.24. The lowest BCUT2D eigenvalue weighted by molar-refractivity contribution is -0.142. The number of unbranched alkanes of at least 4 members (excludes halogenated alkanes) is 2. The fraction of sp³-hybridized carbons (Fsp3) is 0.348. The van der Waals surface area contributed by atoms with Gasteiger partial charge in [0.1, 0.15) is 6.04 Å². The fourth-order valence-corrected chi connectivity index (χ4v) is 3.58. The van der Waals surface area contributed by atoms with Crippen LogP contribution in [0, 0.1) is 0 Å². The van der Waals surface area contributed by atoms with Crippen LogP contribution in [0.25, 0.3) is 0 Å². The van der Waals surface area contributed by atoms with E-state index in [0.717, 1.165) is 30.4 Å². The van der Waals surface area contributed by atoms with E-state index < -0.39 is 12.0 Å². The predicted molar refractivity (Wildman–Crippen MR) is 111 cm³/mol. The molecular weight excluding hydrogens is 368 g/mol. The molecule has 0 aliphatic carbocycles. The number of carbonyl (C=O) groups excluding carboxylic acids is 2. The molecule has 1 atom stereocenters. The van der Waals surface area contributed by atoms with Crippen LogP contribution in [-0.2, 0) is 22.6 Å². The van der Waals surface area contributed by atoms with E-state index in [1.807, 2.05) is 30.3 Å². The van der Waals surface area contributed by atoms with Crippen LogP contribution in [0.4, 0.5) is 5.69 Å². The summed E-state index contributed by atoms with van der Waals surface area (Å²) in [5, 5.41) is 12.5. The van der Waals surface area contributed by atoms with Gasteiger partial charge >= 0.3 is 5.97 Å². The standard InChI is InChI=1S/C23H26N2O4/c1-2-3-5-10-21(26)24-18-12-11-17-15-25(22(27)19(17)14-18)20(23(28)29)13-16-8-6-4-7-9-16/h4,6-9,11-12,14,20H,2-3,5,10,13,15H2,1H3,(H,24,26)(H,28,29). The minimum Gasteiger partial charge on any atom is -0.480 e. The first-order valence-corrected chi connectivity index (χ1v) is 10.00. The Morgan fingerprint density at radius 3 is 2.59 bits per heavy atom. The summed E-state index contributed by atoms with van der Waals surface area (Å²) in [6, 6.07) is 13.5. The van der Waals surface area contributed by atoms with Crippen LogP contribution in [0.3, 0.4) is 0 Å². The first kappa shape index (κ1) is 20.6. The molecule has 0 fully saturated rings. The van der Waals surface area contributed by atoms with Crippen molar-refractivity contribution in [1.29, 1.82) is 0 Å². The molecule has 6 nitrogen and oxygen atoms in total. The third kappa shape index (κ3) is 5.02.